The van der Waals surface area contributed by atoms with Gasteiger partial charge in [0.15, 0.2) is 6.10 Å². The number of alkyl carbamates (subject to hydrolysis) is 1. The van der Waals surface area contributed by atoms with Crippen molar-refractivity contribution in [3.05, 3.63) is 65.7 Å². The number of nitrogens with two attached hydrogens (primary N) is 1. The molecule has 15 nitrogen and oxygen atoms in total. The van der Waals surface area contributed by atoms with E-state index in [4.69, 9.17) is 19.9 Å². The average molecular weight is 659 g/mol. The average Bonchev–Trinajstić information content (AvgIpc) is 3.05. The third-order valence-electron chi connectivity index (χ3n) is 6.76. The molecule has 3 atom stereocenters. The first-order valence-corrected chi connectivity index (χ1v) is 15.3. The predicted octanol–water partition coefficient (Wildman–Crippen LogP) is 1.32. The molecular formula is C32H46N6O9. The van der Waals surface area contributed by atoms with E-state index in [1.807, 2.05) is 18.2 Å². The lowest BCUT2D eigenvalue weighted by Gasteiger charge is -2.25. The summed E-state index contributed by atoms with van der Waals surface area (Å²) in [6.07, 6.45) is -1.80. The maximum absolute atomic E-state index is 13.3. The summed E-state index contributed by atoms with van der Waals surface area (Å²) in [7, 11) is 1.55. The first-order valence-electron chi connectivity index (χ1n) is 15.3. The Bertz CT molecular complexity index is 1280. The van der Waals surface area contributed by atoms with Gasteiger partial charge < -0.3 is 51.6 Å². The lowest BCUT2D eigenvalue weighted by Crippen LogP contribution is -2.54. The number of amides is 6. The van der Waals surface area contributed by atoms with Gasteiger partial charge in [-0.3, -0.25) is 14.4 Å². The van der Waals surface area contributed by atoms with Crippen LogP contribution < -0.4 is 32.3 Å². The Balaban J connectivity index is 2.01. The first kappa shape index (κ1) is 38.5. The van der Waals surface area contributed by atoms with Crippen LogP contribution in [0.1, 0.15) is 43.9 Å². The Labute approximate surface area is 274 Å². The molecule has 0 heterocycles. The molecule has 0 fully saturated rings. The molecule has 0 spiro atoms. The number of anilines is 1. The number of methoxy groups -OCH3 is 1. The molecule has 0 aromatic heterocycles. The second-order valence-corrected chi connectivity index (χ2v) is 10.8. The summed E-state index contributed by atoms with van der Waals surface area (Å²) < 4.78 is 15.4. The van der Waals surface area contributed by atoms with E-state index in [-0.39, 0.29) is 38.6 Å². The second-order valence-electron chi connectivity index (χ2n) is 10.8. The zero-order valence-electron chi connectivity index (χ0n) is 27.0. The van der Waals surface area contributed by atoms with Crippen molar-refractivity contribution in [2.45, 2.75) is 51.5 Å². The van der Waals surface area contributed by atoms with Gasteiger partial charge in [0.1, 0.15) is 18.7 Å². The number of nitrogens with one attached hydrogen (secondary N) is 5. The van der Waals surface area contributed by atoms with E-state index >= 15 is 0 Å². The van der Waals surface area contributed by atoms with Crippen molar-refractivity contribution in [1.82, 2.24) is 21.3 Å². The van der Waals surface area contributed by atoms with Crippen molar-refractivity contribution >= 4 is 35.5 Å². The van der Waals surface area contributed by atoms with Crippen LogP contribution in [0.3, 0.4) is 0 Å². The van der Waals surface area contributed by atoms with Crippen LogP contribution in [-0.4, -0.2) is 87.1 Å². The van der Waals surface area contributed by atoms with Crippen LogP contribution in [0.2, 0.25) is 0 Å². The standard InChI is InChI=1S/C32H46N6O9/c1-21(2)26(38-32(44)47-20-22-8-5-4-6-9-22)29(41)37-25(10-7-15-35-31(33)43)28(40)36-24-13-11-23(12-14-24)27(39)30(42)34-16-17-46-19-18-45-3/h4-6,8-9,11-14,21,25-27,39H,7,10,15-20H2,1-3H3,(H,34,42)(H,36,40)(H,37,41)(H,38,44)(H3,33,35,43). The third kappa shape index (κ3) is 14.9. The van der Waals surface area contributed by atoms with E-state index in [0.717, 1.165) is 5.56 Å². The number of aliphatic hydroxyl groups excluding tert-OH is 1. The zero-order valence-corrected chi connectivity index (χ0v) is 27.0. The fraction of sp³-hybridized carbons (Fsp3) is 0.469. The predicted molar refractivity (Wildman–Crippen MR) is 173 cm³/mol. The number of carbonyl (C=O) groups excluding carboxylic acids is 5. The van der Waals surface area contributed by atoms with Crippen molar-refractivity contribution < 1.29 is 43.3 Å². The topological polar surface area (TPSA) is 219 Å². The summed E-state index contributed by atoms with van der Waals surface area (Å²) in [5.41, 5.74) is 6.55. The Morgan fingerprint density at radius 1 is 0.830 bits per heavy atom. The molecule has 2 aromatic carbocycles. The smallest absolute Gasteiger partial charge is 0.408 e. The fourth-order valence-corrected chi connectivity index (χ4v) is 4.19. The summed E-state index contributed by atoms with van der Waals surface area (Å²) in [5.74, 6) is -2.13. The van der Waals surface area contributed by atoms with E-state index in [2.05, 4.69) is 26.6 Å². The number of hydrogen-bond donors (Lipinski definition) is 7. The normalized spacial score (nSPS) is 12.7. The molecule has 3 unspecified atom stereocenters. The van der Waals surface area contributed by atoms with E-state index in [1.54, 1.807) is 33.1 Å². The van der Waals surface area contributed by atoms with E-state index in [9.17, 15) is 29.1 Å². The highest BCUT2D eigenvalue weighted by Gasteiger charge is 2.29. The molecule has 0 radical (unpaired) electrons. The molecule has 47 heavy (non-hydrogen) atoms. The van der Waals surface area contributed by atoms with Gasteiger partial charge in [-0.25, -0.2) is 9.59 Å². The van der Waals surface area contributed by atoms with Crippen molar-refractivity contribution in [2.24, 2.45) is 11.7 Å². The van der Waals surface area contributed by atoms with Crippen molar-refractivity contribution in [3.63, 3.8) is 0 Å². The Hall–Kier alpha value is -4.73. The second kappa shape index (κ2) is 21.1. The molecule has 0 aliphatic rings. The third-order valence-corrected chi connectivity index (χ3v) is 6.76. The molecule has 2 aromatic rings. The molecule has 6 amide bonds. The SMILES string of the molecule is COCCOCCNC(=O)C(O)c1ccc(NC(=O)C(CCCNC(N)=O)NC(=O)C(NC(=O)OCc2ccccc2)C(C)C)cc1. The number of urea groups is 1. The number of rotatable bonds is 20. The van der Waals surface area contributed by atoms with Gasteiger partial charge in [0.25, 0.3) is 5.91 Å². The number of carbonyl (C=O) groups is 5. The molecule has 8 N–H and O–H groups in total. The molecular weight excluding hydrogens is 612 g/mol. The summed E-state index contributed by atoms with van der Waals surface area (Å²) in [6.45, 7) is 4.94. The maximum Gasteiger partial charge on any atom is 0.408 e. The van der Waals surface area contributed by atoms with Crippen LogP contribution >= 0.6 is 0 Å². The van der Waals surface area contributed by atoms with Gasteiger partial charge in [0.2, 0.25) is 11.8 Å². The van der Waals surface area contributed by atoms with Gasteiger partial charge in [0.05, 0.1) is 19.8 Å². The lowest BCUT2D eigenvalue weighted by atomic mass is 10.0. The Morgan fingerprint density at radius 3 is 2.17 bits per heavy atom. The van der Waals surface area contributed by atoms with E-state index in [0.29, 0.717) is 30.9 Å². The van der Waals surface area contributed by atoms with Crippen LogP contribution in [0.25, 0.3) is 0 Å². The van der Waals surface area contributed by atoms with E-state index < -0.39 is 48.0 Å². The molecule has 0 aliphatic heterocycles. The highest BCUT2D eigenvalue weighted by Crippen LogP contribution is 2.17. The highest BCUT2D eigenvalue weighted by molar-refractivity contribution is 5.98. The Kier molecular flexibility index (Phi) is 17.3. The van der Waals surface area contributed by atoms with Gasteiger partial charge in [-0.1, -0.05) is 56.3 Å². The minimum Gasteiger partial charge on any atom is -0.445 e. The minimum atomic E-state index is -1.44. The molecule has 0 saturated carbocycles. The number of primary amides is 1. The van der Waals surface area contributed by atoms with Gasteiger partial charge in [-0.15, -0.1) is 0 Å². The first-order chi connectivity index (χ1) is 22.5. The van der Waals surface area contributed by atoms with Crippen LogP contribution in [0.4, 0.5) is 15.3 Å². The molecule has 0 saturated heterocycles. The van der Waals surface area contributed by atoms with Crippen molar-refractivity contribution in [1.29, 1.82) is 0 Å². The molecule has 258 valence electrons. The van der Waals surface area contributed by atoms with Crippen LogP contribution in [0.15, 0.2) is 54.6 Å². The summed E-state index contributed by atoms with van der Waals surface area (Å²) in [4.78, 5) is 62.5. The highest BCUT2D eigenvalue weighted by atomic mass is 16.5. The molecule has 0 aliphatic carbocycles. The zero-order chi connectivity index (χ0) is 34.6. The van der Waals surface area contributed by atoms with Crippen molar-refractivity contribution in [2.75, 3.05) is 45.3 Å². The van der Waals surface area contributed by atoms with Crippen molar-refractivity contribution in [3.8, 4) is 0 Å². The van der Waals surface area contributed by atoms with Crippen LogP contribution in [-0.2, 0) is 35.2 Å². The van der Waals surface area contributed by atoms with Crippen LogP contribution in [0, 0.1) is 5.92 Å². The number of hydrogen-bond acceptors (Lipinski definition) is 9. The summed E-state index contributed by atoms with van der Waals surface area (Å²) in [5, 5.41) is 23.4. The number of ether oxygens (including phenoxy) is 3. The largest absolute Gasteiger partial charge is 0.445 e. The monoisotopic (exact) mass is 658 g/mol. The fourth-order valence-electron chi connectivity index (χ4n) is 4.19. The number of aliphatic hydroxyl groups is 1. The summed E-state index contributed by atoms with van der Waals surface area (Å²) >= 11 is 0. The minimum absolute atomic E-state index is 0.0156. The molecule has 0 bridgehead atoms. The Morgan fingerprint density at radius 2 is 1.53 bits per heavy atom. The van der Waals surface area contributed by atoms with Gasteiger partial charge in [-0.05, 0) is 42.0 Å². The van der Waals surface area contributed by atoms with Gasteiger partial charge in [0, 0.05) is 25.9 Å². The molecule has 2 rings (SSSR count). The maximum atomic E-state index is 13.3. The number of benzene rings is 2. The lowest BCUT2D eigenvalue weighted by molar-refractivity contribution is -0.130. The summed E-state index contributed by atoms with van der Waals surface area (Å²) in [6, 6.07) is 12.3. The molecule has 15 heteroatoms. The van der Waals surface area contributed by atoms with Gasteiger partial charge >= 0.3 is 12.1 Å². The van der Waals surface area contributed by atoms with Crippen LogP contribution in [0.5, 0.6) is 0 Å². The quantitative estimate of drug-likeness (QED) is 0.102. The van der Waals surface area contributed by atoms with E-state index in [1.165, 1.54) is 24.3 Å². The van der Waals surface area contributed by atoms with Gasteiger partial charge in [-0.2, -0.15) is 0 Å².